The number of nitro benzene ring substituents is 1. The maximum Gasteiger partial charge on any atom is 0.309 e. The fraction of sp³-hybridized carbons (Fsp3) is 0.588. The minimum Gasteiger partial charge on any atom is -0.491 e. The third kappa shape index (κ3) is 5.99. The van der Waals surface area contributed by atoms with Gasteiger partial charge in [0.2, 0.25) is 0 Å². The molecule has 1 fully saturated rings. The first-order chi connectivity index (χ1) is 12.0. The molecule has 0 aliphatic carbocycles. The Balaban J connectivity index is 1.69. The molecule has 0 saturated carbocycles. The van der Waals surface area contributed by atoms with Crippen LogP contribution in [0.5, 0.6) is 5.75 Å². The van der Waals surface area contributed by atoms with Gasteiger partial charge in [-0.2, -0.15) is 0 Å². The lowest BCUT2D eigenvalue weighted by atomic mass is 9.97. The van der Waals surface area contributed by atoms with Gasteiger partial charge in [-0.05, 0) is 45.0 Å². The standard InChI is InChI=1S/C17H24N2O6/c1-2-24-17(21)13-7-9-18(10-8-13)11-15(20)12-25-16-5-3-14(4-6-16)19(22)23/h3-6,13,15,20H,2,7-12H2,1H3/t15-/m1/s1. The maximum absolute atomic E-state index is 11.7. The van der Waals surface area contributed by atoms with Crippen LogP contribution in [0.25, 0.3) is 0 Å². The van der Waals surface area contributed by atoms with E-state index in [0.717, 1.165) is 25.9 Å². The number of aliphatic hydroxyl groups excluding tert-OH is 1. The smallest absolute Gasteiger partial charge is 0.309 e. The average Bonchev–Trinajstić information content (AvgIpc) is 2.61. The van der Waals surface area contributed by atoms with Gasteiger partial charge in [-0.3, -0.25) is 14.9 Å². The second-order valence-electron chi connectivity index (χ2n) is 6.04. The number of non-ortho nitro benzene ring substituents is 1. The van der Waals surface area contributed by atoms with Crippen molar-refractivity contribution in [2.45, 2.75) is 25.9 Å². The normalized spacial score (nSPS) is 17.0. The maximum atomic E-state index is 11.7. The molecule has 1 aliphatic heterocycles. The first kappa shape index (κ1) is 19.1. The zero-order valence-corrected chi connectivity index (χ0v) is 14.3. The van der Waals surface area contributed by atoms with Gasteiger partial charge in [0.1, 0.15) is 18.5 Å². The number of carbonyl (C=O) groups excluding carboxylic acids is 1. The number of benzene rings is 1. The third-order valence-corrected chi connectivity index (χ3v) is 4.17. The Morgan fingerprint density at radius 3 is 2.56 bits per heavy atom. The number of ether oxygens (including phenoxy) is 2. The molecule has 0 unspecified atom stereocenters. The Hall–Kier alpha value is -2.19. The van der Waals surface area contributed by atoms with E-state index in [4.69, 9.17) is 9.47 Å². The fourth-order valence-electron chi connectivity index (χ4n) is 2.82. The van der Waals surface area contributed by atoms with Crippen molar-refractivity contribution in [3.05, 3.63) is 34.4 Å². The Labute approximate surface area is 146 Å². The van der Waals surface area contributed by atoms with Crippen LogP contribution in [-0.4, -0.2) is 59.9 Å². The highest BCUT2D eigenvalue weighted by Crippen LogP contribution is 2.20. The van der Waals surface area contributed by atoms with Gasteiger partial charge < -0.3 is 19.5 Å². The van der Waals surface area contributed by atoms with E-state index in [-0.39, 0.29) is 24.2 Å². The molecule has 25 heavy (non-hydrogen) atoms. The van der Waals surface area contributed by atoms with Crippen LogP contribution in [0.2, 0.25) is 0 Å². The Kier molecular flexibility index (Phi) is 7.15. The summed E-state index contributed by atoms with van der Waals surface area (Å²) in [4.78, 5) is 23.9. The molecule has 8 nitrogen and oxygen atoms in total. The van der Waals surface area contributed by atoms with E-state index in [9.17, 15) is 20.0 Å². The summed E-state index contributed by atoms with van der Waals surface area (Å²) in [6.07, 6.45) is 0.790. The predicted molar refractivity (Wildman–Crippen MR) is 90.4 cm³/mol. The summed E-state index contributed by atoms with van der Waals surface area (Å²) < 4.78 is 10.5. The van der Waals surface area contributed by atoms with E-state index < -0.39 is 11.0 Å². The largest absolute Gasteiger partial charge is 0.491 e. The average molecular weight is 352 g/mol. The molecule has 1 aliphatic rings. The van der Waals surface area contributed by atoms with Crippen LogP contribution < -0.4 is 4.74 Å². The molecule has 0 aromatic heterocycles. The summed E-state index contributed by atoms with van der Waals surface area (Å²) in [6.45, 7) is 4.24. The molecule has 0 spiro atoms. The molecule has 138 valence electrons. The number of nitro groups is 1. The molecular weight excluding hydrogens is 328 g/mol. The molecule has 0 radical (unpaired) electrons. The highest BCUT2D eigenvalue weighted by Gasteiger charge is 2.26. The lowest BCUT2D eigenvalue weighted by molar-refractivity contribution is -0.384. The van der Waals surface area contributed by atoms with Crippen LogP contribution in [0.4, 0.5) is 5.69 Å². The lowest BCUT2D eigenvalue weighted by Gasteiger charge is -2.32. The van der Waals surface area contributed by atoms with Crippen LogP contribution in [0.3, 0.4) is 0 Å². The molecule has 0 amide bonds. The van der Waals surface area contributed by atoms with Crippen molar-refractivity contribution in [3.8, 4) is 5.75 Å². The Morgan fingerprint density at radius 2 is 2.00 bits per heavy atom. The van der Waals surface area contributed by atoms with Crippen LogP contribution in [0, 0.1) is 16.0 Å². The van der Waals surface area contributed by atoms with Gasteiger partial charge in [0.25, 0.3) is 5.69 Å². The summed E-state index contributed by atoms with van der Waals surface area (Å²) >= 11 is 0. The monoisotopic (exact) mass is 352 g/mol. The topological polar surface area (TPSA) is 102 Å². The molecule has 1 atom stereocenters. The summed E-state index contributed by atoms with van der Waals surface area (Å²) in [5.41, 5.74) is -0.00244. The fourth-order valence-corrected chi connectivity index (χ4v) is 2.82. The summed E-state index contributed by atoms with van der Waals surface area (Å²) in [5.74, 6) is 0.291. The number of hydrogen-bond donors (Lipinski definition) is 1. The van der Waals surface area contributed by atoms with Crippen molar-refractivity contribution in [3.63, 3.8) is 0 Å². The minimum atomic E-state index is -0.672. The highest BCUT2D eigenvalue weighted by molar-refractivity contribution is 5.72. The number of aliphatic hydroxyl groups is 1. The van der Waals surface area contributed by atoms with E-state index in [1.165, 1.54) is 24.3 Å². The van der Waals surface area contributed by atoms with Crippen molar-refractivity contribution in [2.75, 3.05) is 32.8 Å². The van der Waals surface area contributed by atoms with Gasteiger partial charge in [0.15, 0.2) is 0 Å². The van der Waals surface area contributed by atoms with Gasteiger partial charge in [-0.25, -0.2) is 0 Å². The molecule has 1 aromatic rings. The van der Waals surface area contributed by atoms with E-state index >= 15 is 0 Å². The number of β-amino-alcohol motifs (C(OH)–C–C–N with tert-alkyl or cyclic N) is 1. The van der Waals surface area contributed by atoms with Crippen LogP contribution in [-0.2, 0) is 9.53 Å². The van der Waals surface area contributed by atoms with Gasteiger partial charge >= 0.3 is 5.97 Å². The first-order valence-corrected chi connectivity index (χ1v) is 8.44. The van der Waals surface area contributed by atoms with Gasteiger partial charge in [-0.1, -0.05) is 0 Å². The van der Waals surface area contributed by atoms with Crippen molar-refractivity contribution in [1.82, 2.24) is 4.90 Å². The van der Waals surface area contributed by atoms with Crippen LogP contribution >= 0.6 is 0 Å². The van der Waals surface area contributed by atoms with Gasteiger partial charge in [-0.15, -0.1) is 0 Å². The second-order valence-corrected chi connectivity index (χ2v) is 6.04. The molecule has 1 aromatic carbocycles. The van der Waals surface area contributed by atoms with E-state index in [0.29, 0.717) is 18.9 Å². The summed E-state index contributed by atoms with van der Waals surface area (Å²) in [6, 6.07) is 5.75. The number of rotatable bonds is 8. The van der Waals surface area contributed by atoms with Crippen LogP contribution in [0.1, 0.15) is 19.8 Å². The van der Waals surface area contributed by atoms with Gasteiger partial charge in [0.05, 0.1) is 17.4 Å². The predicted octanol–water partition coefficient (Wildman–Crippen LogP) is 1.61. The zero-order valence-electron chi connectivity index (χ0n) is 14.3. The van der Waals surface area contributed by atoms with Crippen molar-refractivity contribution < 1.29 is 24.3 Å². The third-order valence-electron chi connectivity index (χ3n) is 4.17. The number of nitrogens with zero attached hydrogens (tertiary/aromatic N) is 2. The van der Waals surface area contributed by atoms with E-state index in [1.54, 1.807) is 6.92 Å². The Bertz CT molecular complexity index is 569. The summed E-state index contributed by atoms with van der Waals surface area (Å²) in [5, 5.41) is 20.7. The number of esters is 1. The molecular formula is C17H24N2O6. The molecule has 1 heterocycles. The molecule has 0 bridgehead atoms. The second kappa shape index (κ2) is 9.33. The van der Waals surface area contributed by atoms with E-state index in [1.807, 2.05) is 0 Å². The SMILES string of the molecule is CCOC(=O)C1CCN(C[C@@H](O)COc2ccc([N+](=O)[O-])cc2)CC1. The van der Waals surface area contributed by atoms with Crippen molar-refractivity contribution >= 4 is 11.7 Å². The minimum absolute atomic E-state index is 0.00244. The number of carbonyl (C=O) groups is 1. The number of hydrogen-bond acceptors (Lipinski definition) is 7. The van der Waals surface area contributed by atoms with Crippen LogP contribution in [0.15, 0.2) is 24.3 Å². The molecule has 8 heteroatoms. The van der Waals surface area contributed by atoms with Crippen molar-refractivity contribution in [2.24, 2.45) is 5.92 Å². The Morgan fingerprint density at radius 1 is 1.36 bits per heavy atom. The molecule has 1 saturated heterocycles. The molecule has 2 rings (SSSR count). The quantitative estimate of drug-likeness (QED) is 0.431. The highest BCUT2D eigenvalue weighted by atomic mass is 16.6. The molecule has 1 N–H and O–H groups in total. The number of piperidine rings is 1. The van der Waals surface area contributed by atoms with Crippen molar-refractivity contribution in [1.29, 1.82) is 0 Å². The lowest BCUT2D eigenvalue weighted by Crippen LogP contribution is -2.42. The van der Waals surface area contributed by atoms with E-state index in [2.05, 4.69) is 4.90 Å². The summed E-state index contributed by atoms with van der Waals surface area (Å²) in [7, 11) is 0. The number of likely N-dealkylation sites (tertiary alicyclic amines) is 1. The first-order valence-electron chi connectivity index (χ1n) is 8.44. The zero-order chi connectivity index (χ0) is 18.2. The van der Waals surface area contributed by atoms with Gasteiger partial charge in [0, 0.05) is 18.7 Å².